The second-order valence-electron chi connectivity index (χ2n) is 3.86. The number of aromatic nitrogens is 2. The molecule has 0 amide bonds. The summed E-state index contributed by atoms with van der Waals surface area (Å²) in [5.74, 6) is 0.791. The van der Waals surface area contributed by atoms with Crippen molar-refractivity contribution in [3.8, 4) is 11.6 Å². The molecule has 0 atom stereocenters. The zero-order chi connectivity index (χ0) is 13.9. The summed E-state index contributed by atoms with van der Waals surface area (Å²) < 4.78 is 28.2. The summed E-state index contributed by atoms with van der Waals surface area (Å²) in [5, 5.41) is 0. The van der Waals surface area contributed by atoms with Crippen molar-refractivity contribution in [3.63, 3.8) is 0 Å². The fourth-order valence-corrected chi connectivity index (χ4v) is 2.08. The highest BCUT2D eigenvalue weighted by molar-refractivity contribution is 7.90. The van der Waals surface area contributed by atoms with Crippen molar-refractivity contribution in [1.29, 1.82) is 0 Å². The van der Waals surface area contributed by atoms with E-state index in [9.17, 15) is 8.42 Å². The van der Waals surface area contributed by atoms with E-state index in [2.05, 4.69) is 9.97 Å². The van der Waals surface area contributed by atoms with Crippen molar-refractivity contribution in [2.75, 3.05) is 6.26 Å². The Balaban J connectivity index is 2.25. The summed E-state index contributed by atoms with van der Waals surface area (Å²) in [4.78, 5) is 8.31. The maximum Gasteiger partial charge on any atom is 0.242 e. The molecule has 0 spiro atoms. The van der Waals surface area contributed by atoms with E-state index >= 15 is 0 Å². The van der Waals surface area contributed by atoms with Crippen LogP contribution in [0, 0.1) is 0 Å². The highest BCUT2D eigenvalue weighted by Crippen LogP contribution is 2.22. The number of nitrogens with two attached hydrogens (primary N) is 1. The van der Waals surface area contributed by atoms with Crippen LogP contribution in [0.4, 0.5) is 0 Å². The van der Waals surface area contributed by atoms with E-state index in [4.69, 9.17) is 10.5 Å². The van der Waals surface area contributed by atoms with Crippen LogP contribution in [-0.4, -0.2) is 24.6 Å². The number of benzene rings is 1. The standard InChI is InChI=1S/C12H13N3O3S/c1-19(16,17)10-4-2-9(3-5-10)18-12-11(8-13)14-6-7-15-12/h2-7H,8,13H2,1H3. The van der Waals surface area contributed by atoms with Crippen LogP contribution in [0.3, 0.4) is 0 Å². The van der Waals surface area contributed by atoms with Gasteiger partial charge in [0.2, 0.25) is 5.88 Å². The highest BCUT2D eigenvalue weighted by atomic mass is 32.2. The SMILES string of the molecule is CS(=O)(=O)c1ccc(Oc2nccnc2CN)cc1. The Hall–Kier alpha value is -1.99. The average Bonchev–Trinajstić information content (AvgIpc) is 2.39. The maximum absolute atomic E-state index is 11.3. The van der Waals surface area contributed by atoms with Gasteiger partial charge in [0, 0.05) is 25.2 Å². The van der Waals surface area contributed by atoms with Gasteiger partial charge in [-0.15, -0.1) is 0 Å². The molecular weight excluding hydrogens is 266 g/mol. The summed E-state index contributed by atoms with van der Waals surface area (Å²) >= 11 is 0. The van der Waals surface area contributed by atoms with E-state index in [1.54, 1.807) is 12.1 Å². The molecule has 7 heteroatoms. The summed E-state index contributed by atoms with van der Waals surface area (Å²) in [7, 11) is -3.21. The molecule has 0 bridgehead atoms. The molecule has 1 heterocycles. The van der Waals surface area contributed by atoms with Crippen LogP contribution < -0.4 is 10.5 Å². The van der Waals surface area contributed by atoms with E-state index in [1.807, 2.05) is 0 Å². The van der Waals surface area contributed by atoms with Gasteiger partial charge in [0.05, 0.1) is 4.90 Å². The number of hydrogen-bond acceptors (Lipinski definition) is 6. The minimum atomic E-state index is -3.21. The first kappa shape index (κ1) is 13.4. The molecule has 2 rings (SSSR count). The lowest BCUT2D eigenvalue weighted by Gasteiger charge is -2.07. The lowest BCUT2D eigenvalue weighted by Crippen LogP contribution is -2.03. The van der Waals surface area contributed by atoms with Crippen molar-refractivity contribution in [3.05, 3.63) is 42.4 Å². The first-order valence-corrected chi connectivity index (χ1v) is 7.38. The Bertz CT molecular complexity index is 669. The predicted octanol–water partition coefficient (Wildman–Crippen LogP) is 1.13. The van der Waals surface area contributed by atoms with E-state index < -0.39 is 9.84 Å². The van der Waals surface area contributed by atoms with Crippen molar-refractivity contribution >= 4 is 9.84 Å². The van der Waals surface area contributed by atoms with Crippen molar-refractivity contribution in [2.45, 2.75) is 11.4 Å². The first-order valence-electron chi connectivity index (χ1n) is 5.48. The van der Waals surface area contributed by atoms with Gasteiger partial charge in [-0.1, -0.05) is 0 Å². The van der Waals surface area contributed by atoms with Crippen molar-refractivity contribution < 1.29 is 13.2 Å². The Morgan fingerprint density at radius 3 is 2.37 bits per heavy atom. The molecule has 0 radical (unpaired) electrons. The average molecular weight is 279 g/mol. The zero-order valence-corrected chi connectivity index (χ0v) is 11.1. The molecule has 2 N–H and O–H groups in total. The third kappa shape index (κ3) is 3.27. The minimum absolute atomic E-state index is 0.213. The van der Waals surface area contributed by atoms with Crippen LogP contribution in [0.15, 0.2) is 41.6 Å². The van der Waals surface area contributed by atoms with Gasteiger partial charge in [0.1, 0.15) is 11.4 Å². The molecule has 0 fully saturated rings. The molecule has 0 aliphatic heterocycles. The number of nitrogens with zero attached hydrogens (tertiary/aromatic N) is 2. The number of ether oxygens (including phenoxy) is 1. The number of hydrogen-bond donors (Lipinski definition) is 1. The summed E-state index contributed by atoms with van der Waals surface area (Å²) in [6.45, 7) is 0.213. The summed E-state index contributed by atoms with van der Waals surface area (Å²) in [6, 6.07) is 6.07. The summed E-state index contributed by atoms with van der Waals surface area (Å²) in [6.07, 6.45) is 4.18. The normalized spacial score (nSPS) is 11.3. The molecule has 0 saturated heterocycles. The van der Waals surface area contributed by atoms with Gasteiger partial charge in [-0.05, 0) is 24.3 Å². The van der Waals surface area contributed by atoms with Crippen LogP contribution in [0.5, 0.6) is 11.6 Å². The number of rotatable bonds is 4. The minimum Gasteiger partial charge on any atom is -0.437 e. The lowest BCUT2D eigenvalue weighted by atomic mass is 10.3. The van der Waals surface area contributed by atoms with Crippen LogP contribution in [-0.2, 0) is 16.4 Å². The molecule has 1 aromatic carbocycles. The molecule has 0 aliphatic carbocycles. The quantitative estimate of drug-likeness (QED) is 0.901. The molecule has 19 heavy (non-hydrogen) atoms. The molecule has 1 aromatic heterocycles. The second kappa shape index (κ2) is 5.33. The smallest absolute Gasteiger partial charge is 0.242 e. The fraction of sp³-hybridized carbons (Fsp3) is 0.167. The molecule has 0 saturated carbocycles. The van der Waals surface area contributed by atoms with Crippen LogP contribution in [0.2, 0.25) is 0 Å². The van der Waals surface area contributed by atoms with Gasteiger partial charge in [0.25, 0.3) is 0 Å². The zero-order valence-electron chi connectivity index (χ0n) is 10.3. The third-order valence-electron chi connectivity index (χ3n) is 2.40. The Labute approximate surface area is 111 Å². The van der Waals surface area contributed by atoms with Crippen molar-refractivity contribution in [2.24, 2.45) is 5.73 Å². The molecule has 0 aliphatic rings. The van der Waals surface area contributed by atoms with Gasteiger partial charge in [-0.25, -0.2) is 13.4 Å². The van der Waals surface area contributed by atoms with Gasteiger partial charge < -0.3 is 10.5 Å². The lowest BCUT2D eigenvalue weighted by molar-refractivity contribution is 0.451. The molecule has 6 nitrogen and oxygen atoms in total. The van der Waals surface area contributed by atoms with E-state index in [0.29, 0.717) is 17.3 Å². The molecule has 100 valence electrons. The van der Waals surface area contributed by atoms with E-state index in [-0.39, 0.29) is 11.4 Å². The molecular formula is C12H13N3O3S. The second-order valence-corrected chi connectivity index (χ2v) is 5.87. The third-order valence-corrected chi connectivity index (χ3v) is 3.52. The predicted molar refractivity (Wildman–Crippen MR) is 69.5 cm³/mol. The molecule has 2 aromatic rings. The summed E-state index contributed by atoms with van der Waals surface area (Å²) in [5.41, 5.74) is 6.06. The monoisotopic (exact) mass is 279 g/mol. The maximum atomic E-state index is 11.3. The first-order chi connectivity index (χ1) is 9.00. The van der Waals surface area contributed by atoms with Crippen LogP contribution in [0.25, 0.3) is 0 Å². The van der Waals surface area contributed by atoms with E-state index in [0.717, 1.165) is 6.26 Å². The van der Waals surface area contributed by atoms with Crippen molar-refractivity contribution in [1.82, 2.24) is 9.97 Å². The van der Waals surface area contributed by atoms with Gasteiger partial charge in [-0.2, -0.15) is 0 Å². The fourth-order valence-electron chi connectivity index (χ4n) is 1.45. The molecule has 0 unspecified atom stereocenters. The van der Waals surface area contributed by atoms with E-state index in [1.165, 1.54) is 24.5 Å². The Kier molecular flexibility index (Phi) is 3.77. The van der Waals surface area contributed by atoms with Crippen LogP contribution >= 0.6 is 0 Å². The van der Waals surface area contributed by atoms with Gasteiger partial charge in [-0.3, -0.25) is 4.98 Å². The van der Waals surface area contributed by atoms with Crippen LogP contribution in [0.1, 0.15) is 5.69 Å². The largest absolute Gasteiger partial charge is 0.437 e. The highest BCUT2D eigenvalue weighted by Gasteiger charge is 2.09. The number of sulfone groups is 1. The topological polar surface area (TPSA) is 95.2 Å². The van der Waals surface area contributed by atoms with Gasteiger partial charge >= 0.3 is 0 Å². The van der Waals surface area contributed by atoms with Gasteiger partial charge in [0.15, 0.2) is 9.84 Å². The Morgan fingerprint density at radius 1 is 1.16 bits per heavy atom. The Morgan fingerprint density at radius 2 is 1.79 bits per heavy atom.